The molecule has 0 nitrogen and oxygen atoms in total. The lowest BCUT2D eigenvalue weighted by atomic mass is 9.78. The smallest absolute Gasteiger partial charge is 0.210 e. The molecule has 0 spiro atoms. The Morgan fingerprint density at radius 1 is 0.565 bits per heavy atom. The quantitative estimate of drug-likeness (QED) is 0.254. The first-order chi connectivity index (χ1) is 20.0. The van der Waals surface area contributed by atoms with E-state index in [0.717, 1.165) is 41.4 Å². The highest BCUT2D eigenvalue weighted by atomic mass is 19.4. The first kappa shape index (κ1) is 60.9. The lowest BCUT2D eigenvalue weighted by Gasteiger charge is -2.28. The Kier molecular flexibility index (Phi) is 47.6. The minimum atomic E-state index is -3.98. The monoisotopic (exact) mass is 679 g/mol. The Morgan fingerprint density at radius 3 is 0.913 bits per heavy atom. The van der Waals surface area contributed by atoms with Gasteiger partial charge in [-0.25, -0.2) is 8.78 Å². The fraction of sp³-hybridized carbons (Fsp3) is 1.00. The Bertz CT molecular complexity index is 483. The lowest BCUT2D eigenvalue weighted by Crippen LogP contribution is -2.16. The molecule has 0 aromatic carbocycles. The minimum Gasteiger partial charge on any atom is -0.210 e. The van der Waals surface area contributed by atoms with Crippen LogP contribution in [0.2, 0.25) is 0 Å². The number of hydrogen-bond donors (Lipinski definition) is 0. The van der Waals surface area contributed by atoms with Gasteiger partial charge >= 0.3 is 6.18 Å². The molecule has 0 amide bonds. The molecule has 0 radical (unpaired) electrons. The highest BCUT2D eigenvalue weighted by molar-refractivity contribution is 4.71. The van der Waals surface area contributed by atoms with Gasteiger partial charge in [-0.15, -0.1) is 0 Å². The van der Waals surface area contributed by atoms with Crippen molar-refractivity contribution in [2.45, 2.75) is 210 Å². The van der Waals surface area contributed by atoms with Gasteiger partial charge in [0.15, 0.2) is 0 Å². The van der Waals surface area contributed by atoms with Crippen LogP contribution in [0.4, 0.5) is 22.0 Å². The molecule has 0 N–H and O–H groups in total. The van der Waals surface area contributed by atoms with E-state index in [0.29, 0.717) is 5.41 Å². The third-order valence-electron chi connectivity index (χ3n) is 6.50. The van der Waals surface area contributed by atoms with E-state index in [1.165, 1.54) is 52.4 Å². The number of alkyl halides is 5. The van der Waals surface area contributed by atoms with Crippen LogP contribution >= 0.6 is 0 Å². The van der Waals surface area contributed by atoms with Gasteiger partial charge < -0.3 is 0 Å². The normalized spacial score (nSPS) is 16.0. The number of halogens is 5. The molecule has 0 heterocycles. The summed E-state index contributed by atoms with van der Waals surface area (Å²) in [6.07, 6.45) is 1.70. The summed E-state index contributed by atoms with van der Waals surface area (Å²) in [5, 5.41) is 0. The molecular formula is C41H91F5. The molecule has 0 atom stereocenters. The highest BCUT2D eigenvalue weighted by Crippen LogP contribution is 2.32. The summed E-state index contributed by atoms with van der Waals surface area (Å²) in [5.41, 5.74) is 0.522. The average molecular weight is 679 g/mol. The summed E-state index contributed by atoms with van der Waals surface area (Å²) >= 11 is 0. The van der Waals surface area contributed by atoms with E-state index in [1.807, 2.05) is 0 Å². The van der Waals surface area contributed by atoms with Crippen molar-refractivity contribution in [3.8, 4) is 0 Å². The molecule has 0 aromatic rings. The molecular weight excluding hydrogens is 587 g/mol. The molecule has 0 saturated heterocycles. The molecule has 0 bridgehead atoms. The van der Waals surface area contributed by atoms with Gasteiger partial charge in [0.1, 0.15) is 0 Å². The fourth-order valence-electron chi connectivity index (χ4n) is 3.64. The van der Waals surface area contributed by atoms with E-state index in [2.05, 4.69) is 118 Å². The summed E-state index contributed by atoms with van der Waals surface area (Å²) in [6.45, 7) is 44.3. The predicted octanol–water partition coefficient (Wildman–Crippen LogP) is 17.1. The molecule has 0 unspecified atom stereocenters. The largest absolute Gasteiger partial charge is 0.389 e. The van der Waals surface area contributed by atoms with Gasteiger partial charge in [-0.05, 0) is 72.0 Å². The van der Waals surface area contributed by atoms with Crippen molar-refractivity contribution in [1.29, 1.82) is 0 Å². The van der Waals surface area contributed by atoms with E-state index in [4.69, 9.17) is 0 Å². The van der Waals surface area contributed by atoms with Crippen molar-refractivity contribution in [3.63, 3.8) is 0 Å². The zero-order valence-electron chi connectivity index (χ0n) is 34.6. The van der Waals surface area contributed by atoms with Crippen molar-refractivity contribution in [1.82, 2.24) is 0 Å². The zero-order chi connectivity index (χ0) is 37.7. The topological polar surface area (TPSA) is 0 Å². The Hall–Kier alpha value is -0.350. The second-order valence-corrected chi connectivity index (χ2v) is 17.1. The molecule has 290 valence electrons. The van der Waals surface area contributed by atoms with Crippen LogP contribution in [0.25, 0.3) is 0 Å². The number of rotatable bonds is 5. The fourth-order valence-corrected chi connectivity index (χ4v) is 3.64. The number of hydrogen-bond acceptors (Lipinski definition) is 0. The van der Waals surface area contributed by atoms with Gasteiger partial charge in [-0.2, -0.15) is 13.2 Å². The van der Waals surface area contributed by atoms with Crippen LogP contribution in [0, 0.1) is 58.7 Å². The molecule has 5 heteroatoms. The van der Waals surface area contributed by atoms with Crippen LogP contribution in [0.1, 0.15) is 198 Å². The van der Waals surface area contributed by atoms with Gasteiger partial charge in [0.05, 0.1) is 0 Å². The SMILES string of the molecule is C.CC(C)C.CC(C)C(C)C.CC(C)C(F)F.CC(C)CC(C)(C)C.CC(C)CC(F)(F)F.CC1CCC(C(C)C)CC1.CCC. The molecule has 1 fully saturated rings. The molecule has 46 heavy (non-hydrogen) atoms. The first-order valence-corrected chi connectivity index (χ1v) is 18.3. The van der Waals surface area contributed by atoms with E-state index in [-0.39, 0.29) is 13.3 Å². The van der Waals surface area contributed by atoms with Crippen LogP contribution in [-0.2, 0) is 0 Å². The lowest BCUT2D eigenvalue weighted by molar-refractivity contribution is -0.141. The summed E-state index contributed by atoms with van der Waals surface area (Å²) in [7, 11) is 0. The summed E-state index contributed by atoms with van der Waals surface area (Å²) in [6, 6.07) is 0. The Balaban J connectivity index is -0.0000000791. The minimum absolute atomic E-state index is 0. The summed E-state index contributed by atoms with van der Waals surface area (Å²) in [4.78, 5) is 0. The van der Waals surface area contributed by atoms with Crippen LogP contribution in [0.15, 0.2) is 0 Å². The van der Waals surface area contributed by atoms with Gasteiger partial charge in [0.25, 0.3) is 0 Å². The summed E-state index contributed by atoms with van der Waals surface area (Å²) in [5.74, 6) is 5.59. The first-order valence-electron chi connectivity index (χ1n) is 18.3. The van der Waals surface area contributed by atoms with Crippen LogP contribution in [0.5, 0.6) is 0 Å². The van der Waals surface area contributed by atoms with Gasteiger partial charge in [-0.1, -0.05) is 172 Å². The second kappa shape index (κ2) is 35.9. The average Bonchev–Trinajstić information content (AvgIpc) is 2.77. The summed E-state index contributed by atoms with van der Waals surface area (Å²) < 4.78 is 56.2. The second-order valence-electron chi connectivity index (χ2n) is 17.1. The third-order valence-corrected chi connectivity index (χ3v) is 6.50. The standard InChI is InChI=1S/C10H20.C8H18.C6H14.C5H9F3.C4H8F2.C4H10.C3H8.CH4/c1-8(2)10-6-4-9(3)5-7-10;1-7(2)6-8(3,4)5;1-5(2)6(3)4;1-4(2)3-5(6,7)8;1-3(2)4(5)6;1-4(2)3;1-3-2;/h8-10H,4-7H2,1-3H3;7H,6H2,1-5H3;5-6H,1-4H3;4H,3H2,1-2H3;3-4H,1-2H3;4H,1-3H3;3H2,1-2H3;1H4. The van der Waals surface area contributed by atoms with Crippen molar-refractivity contribution < 1.29 is 22.0 Å². The van der Waals surface area contributed by atoms with E-state index in [1.54, 1.807) is 13.8 Å². The molecule has 0 aromatic heterocycles. The van der Waals surface area contributed by atoms with E-state index in [9.17, 15) is 22.0 Å². The third kappa shape index (κ3) is 79.3. The maximum Gasteiger partial charge on any atom is 0.389 e. The van der Waals surface area contributed by atoms with Crippen molar-refractivity contribution in [2.24, 2.45) is 58.7 Å². The molecule has 1 saturated carbocycles. The maximum absolute atomic E-state index is 11.3. The predicted molar refractivity (Wildman–Crippen MR) is 204 cm³/mol. The van der Waals surface area contributed by atoms with Crippen molar-refractivity contribution >= 4 is 0 Å². The molecule has 1 rings (SSSR count). The Morgan fingerprint density at radius 2 is 0.826 bits per heavy atom. The maximum atomic E-state index is 11.3. The van der Waals surface area contributed by atoms with Crippen LogP contribution in [0.3, 0.4) is 0 Å². The Labute approximate surface area is 290 Å². The van der Waals surface area contributed by atoms with Gasteiger partial charge in [-0.3, -0.25) is 0 Å². The molecule has 1 aliphatic rings. The molecule has 1 aliphatic carbocycles. The van der Waals surface area contributed by atoms with Crippen LogP contribution < -0.4 is 0 Å². The highest BCUT2D eigenvalue weighted by Gasteiger charge is 2.27. The zero-order valence-corrected chi connectivity index (χ0v) is 34.6. The van der Waals surface area contributed by atoms with Gasteiger partial charge in [0, 0.05) is 12.3 Å². The van der Waals surface area contributed by atoms with Crippen LogP contribution in [-0.4, -0.2) is 12.6 Å². The van der Waals surface area contributed by atoms with E-state index < -0.39 is 24.9 Å². The van der Waals surface area contributed by atoms with Crippen molar-refractivity contribution in [3.05, 3.63) is 0 Å². The van der Waals surface area contributed by atoms with Crippen molar-refractivity contribution in [2.75, 3.05) is 0 Å². The molecule has 0 aliphatic heterocycles. The van der Waals surface area contributed by atoms with E-state index >= 15 is 0 Å². The van der Waals surface area contributed by atoms with Gasteiger partial charge in [0.2, 0.25) is 6.43 Å².